The van der Waals surface area contributed by atoms with Crippen LogP contribution in [0.15, 0.2) is 18.2 Å². The van der Waals surface area contributed by atoms with Crippen LogP contribution in [0.5, 0.6) is 0 Å². The topological polar surface area (TPSA) is 75.4 Å². The molecule has 1 heterocycles. The largest absolute Gasteiger partial charge is 0.397 e. The molecule has 1 aliphatic heterocycles. The van der Waals surface area contributed by atoms with Crippen LogP contribution in [0.4, 0.5) is 15.8 Å². The molecule has 0 aliphatic carbocycles. The van der Waals surface area contributed by atoms with E-state index >= 15 is 0 Å². The van der Waals surface area contributed by atoms with E-state index in [0.717, 1.165) is 6.07 Å². The van der Waals surface area contributed by atoms with E-state index in [1.165, 1.54) is 12.1 Å². The highest BCUT2D eigenvalue weighted by molar-refractivity contribution is 5.94. The summed E-state index contributed by atoms with van der Waals surface area (Å²) in [4.78, 5) is 25.1. The Morgan fingerprint density at radius 2 is 2.30 bits per heavy atom. The van der Waals surface area contributed by atoms with Crippen LogP contribution in [-0.4, -0.2) is 29.8 Å². The fourth-order valence-electron chi connectivity index (χ4n) is 2.28. The number of nitrogens with two attached hydrogens (primary N) is 1. The normalized spacial score (nSPS) is 18.4. The van der Waals surface area contributed by atoms with Gasteiger partial charge in [0.15, 0.2) is 0 Å². The lowest BCUT2D eigenvalue weighted by molar-refractivity contribution is -0.128. The number of hydrogen-bond donors (Lipinski definition) is 2. The Hall–Kier alpha value is -2.11. The predicted octanol–water partition coefficient (Wildman–Crippen LogP) is 1.60. The van der Waals surface area contributed by atoms with E-state index in [2.05, 4.69) is 5.32 Å². The van der Waals surface area contributed by atoms with Gasteiger partial charge in [-0.15, -0.1) is 0 Å². The maximum atomic E-state index is 12.9. The van der Waals surface area contributed by atoms with Crippen molar-refractivity contribution in [1.29, 1.82) is 0 Å². The molecule has 6 heteroatoms. The van der Waals surface area contributed by atoms with Gasteiger partial charge in [-0.05, 0) is 24.1 Å². The molecular formula is C14H18FN3O2. The lowest BCUT2D eigenvalue weighted by Crippen LogP contribution is -2.29. The van der Waals surface area contributed by atoms with Gasteiger partial charge >= 0.3 is 0 Å². The van der Waals surface area contributed by atoms with E-state index in [4.69, 9.17) is 5.73 Å². The molecule has 1 unspecified atom stereocenters. The standard InChI is InChI=1S/C14H18FN3O2/c1-9-6-14(20)18(8-9)5-4-13(19)17-12-3-2-10(15)7-11(12)16/h2-3,7,9H,4-6,8,16H2,1H3,(H,17,19). The van der Waals surface area contributed by atoms with E-state index in [-0.39, 0.29) is 23.9 Å². The van der Waals surface area contributed by atoms with Crippen LogP contribution in [0.2, 0.25) is 0 Å². The second-order valence-electron chi connectivity index (χ2n) is 5.18. The lowest BCUT2D eigenvalue weighted by atomic mass is 10.2. The molecule has 0 aromatic heterocycles. The summed E-state index contributed by atoms with van der Waals surface area (Å²) < 4.78 is 12.9. The molecule has 1 atom stereocenters. The SMILES string of the molecule is CC1CC(=O)N(CCC(=O)Nc2ccc(F)cc2N)C1. The number of benzene rings is 1. The van der Waals surface area contributed by atoms with Gasteiger partial charge in [-0.25, -0.2) is 4.39 Å². The van der Waals surface area contributed by atoms with Gasteiger partial charge in [-0.1, -0.05) is 6.92 Å². The minimum atomic E-state index is -0.447. The minimum Gasteiger partial charge on any atom is -0.397 e. The van der Waals surface area contributed by atoms with Crippen molar-refractivity contribution in [1.82, 2.24) is 4.90 Å². The number of likely N-dealkylation sites (tertiary alicyclic amines) is 1. The number of anilines is 2. The number of nitrogens with one attached hydrogen (secondary N) is 1. The first-order valence-electron chi connectivity index (χ1n) is 6.58. The Bertz CT molecular complexity index is 533. The highest BCUT2D eigenvalue weighted by Crippen LogP contribution is 2.20. The van der Waals surface area contributed by atoms with Crippen LogP contribution >= 0.6 is 0 Å². The van der Waals surface area contributed by atoms with E-state index in [0.29, 0.717) is 31.1 Å². The van der Waals surface area contributed by atoms with E-state index < -0.39 is 5.82 Å². The molecule has 3 N–H and O–H groups in total. The summed E-state index contributed by atoms with van der Waals surface area (Å²) in [5.74, 6) is -0.252. The van der Waals surface area contributed by atoms with E-state index in [9.17, 15) is 14.0 Å². The Balaban J connectivity index is 1.85. The highest BCUT2D eigenvalue weighted by atomic mass is 19.1. The number of nitrogens with zero attached hydrogens (tertiary/aromatic N) is 1. The molecule has 0 bridgehead atoms. The van der Waals surface area contributed by atoms with Crippen molar-refractivity contribution >= 4 is 23.2 Å². The van der Waals surface area contributed by atoms with Gasteiger partial charge < -0.3 is 16.0 Å². The van der Waals surface area contributed by atoms with Crippen LogP contribution in [0, 0.1) is 11.7 Å². The summed E-state index contributed by atoms with van der Waals surface area (Å²) in [6.45, 7) is 3.11. The van der Waals surface area contributed by atoms with Gasteiger partial charge in [0, 0.05) is 25.9 Å². The number of rotatable bonds is 4. The minimum absolute atomic E-state index is 0.0894. The maximum Gasteiger partial charge on any atom is 0.226 e. The first-order chi connectivity index (χ1) is 9.45. The smallest absolute Gasteiger partial charge is 0.226 e. The Morgan fingerprint density at radius 1 is 1.55 bits per heavy atom. The van der Waals surface area contributed by atoms with Gasteiger partial charge in [0.2, 0.25) is 11.8 Å². The maximum absolute atomic E-state index is 12.9. The van der Waals surface area contributed by atoms with Crippen LogP contribution in [0.25, 0.3) is 0 Å². The zero-order chi connectivity index (χ0) is 14.7. The third-order valence-corrected chi connectivity index (χ3v) is 3.30. The lowest BCUT2D eigenvalue weighted by Gasteiger charge is -2.16. The highest BCUT2D eigenvalue weighted by Gasteiger charge is 2.26. The van der Waals surface area contributed by atoms with Crippen LogP contribution < -0.4 is 11.1 Å². The molecule has 0 radical (unpaired) electrons. The van der Waals surface area contributed by atoms with Crippen LogP contribution in [0.1, 0.15) is 19.8 Å². The molecule has 1 aliphatic rings. The van der Waals surface area contributed by atoms with Crippen LogP contribution in [-0.2, 0) is 9.59 Å². The number of halogens is 1. The number of carbonyl (C=O) groups excluding carboxylic acids is 2. The fourth-order valence-corrected chi connectivity index (χ4v) is 2.28. The number of nitrogen functional groups attached to an aromatic ring is 1. The summed E-state index contributed by atoms with van der Waals surface area (Å²) in [5.41, 5.74) is 6.18. The molecule has 1 saturated heterocycles. The predicted molar refractivity (Wildman–Crippen MR) is 74.4 cm³/mol. The van der Waals surface area contributed by atoms with Gasteiger partial charge in [0.05, 0.1) is 11.4 Å². The number of hydrogen-bond acceptors (Lipinski definition) is 3. The molecule has 1 fully saturated rings. The van der Waals surface area contributed by atoms with Crippen molar-refractivity contribution in [2.75, 3.05) is 24.1 Å². The van der Waals surface area contributed by atoms with E-state index in [1.807, 2.05) is 6.92 Å². The van der Waals surface area contributed by atoms with Crippen LogP contribution in [0.3, 0.4) is 0 Å². The molecule has 5 nitrogen and oxygen atoms in total. The zero-order valence-corrected chi connectivity index (χ0v) is 11.4. The summed E-state index contributed by atoms with van der Waals surface area (Å²) >= 11 is 0. The molecule has 20 heavy (non-hydrogen) atoms. The third kappa shape index (κ3) is 3.46. The Morgan fingerprint density at radius 3 is 2.90 bits per heavy atom. The van der Waals surface area contributed by atoms with Crippen molar-refractivity contribution in [3.63, 3.8) is 0 Å². The van der Waals surface area contributed by atoms with Crippen molar-refractivity contribution in [2.24, 2.45) is 5.92 Å². The van der Waals surface area contributed by atoms with Crippen molar-refractivity contribution in [2.45, 2.75) is 19.8 Å². The molecular weight excluding hydrogens is 261 g/mol. The van der Waals surface area contributed by atoms with Crippen molar-refractivity contribution < 1.29 is 14.0 Å². The number of carbonyl (C=O) groups is 2. The third-order valence-electron chi connectivity index (χ3n) is 3.30. The van der Waals surface area contributed by atoms with Gasteiger partial charge in [-0.2, -0.15) is 0 Å². The fraction of sp³-hybridized carbons (Fsp3) is 0.429. The summed E-state index contributed by atoms with van der Waals surface area (Å²) in [7, 11) is 0. The number of amides is 2. The Labute approximate surface area is 116 Å². The van der Waals surface area contributed by atoms with E-state index in [1.54, 1.807) is 4.90 Å². The quantitative estimate of drug-likeness (QED) is 0.822. The first-order valence-corrected chi connectivity index (χ1v) is 6.58. The molecule has 0 saturated carbocycles. The monoisotopic (exact) mass is 279 g/mol. The second-order valence-corrected chi connectivity index (χ2v) is 5.18. The van der Waals surface area contributed by atoms with Crippen molar-refractivity contribution in [3.05, 3.63) is 24.0 Å². The molecule has 108 valence electrons. The molecule has 1 aromatic carbocycles. The summed E-state index contributed by atoms with van der Waals surface area (Å²) in [5, 5.41) is 2.62. The summed E-state index contributed by atoms with van der Waals surface area (Å²) in [6, 6.07) is 3.81. The first kappa shape index (κ1) is 14.3. The van der Waals surface area contributed by atoms with Gasteiger partial charge in [0.1, 0.15) is 5.82 Å². The van der Waals surface area contributed by atoms with Crippen molar-refractivity contribution in [3.8, 4) is 0 Å². The molecule has 0 spiro atoms. The molecule has 1 aromatic rings. The van der Waals surface area contributed by atoms with Gasteiger partial charge in [-0.3, -0.25) is 9.59 Å². The van der Waals surface area contributed by atoms with Gasteiger partial charge in [0.25, 0.3) is 0 Å². The second kappa shape index (κ2) is 5.90. The average Bonchev–Trinajstić information content (AvgIpc) is 2.69. The molecule has 2 amide bonds. The average molecular weight is 279 g/mol. The Kier molecular flexibility index (Phi) is 4.22. The molecule has 2 rings (SSSR count). The zero-order valence-electron chi connectivity index (χ0n) is 11.4. The summed E-state index contributed by atoms with van der Waals surface area (Å²) in [6.07, 6.45) is 0.752.